The van der Waals surface area contributed by atoms with E-state index in [-0.39, 0.29) is 17.5 Å². The van der Waals surface area contributed by atoms with E-state index in [4.69, 9.17) is 5.73 Å². The summed E-state index contributed by atoms with van der Waals surface area (Å²) in [5, 5.41) is 7.47. The van der Waals surface area contributed by atoms with Gasteiger partial charge in [0, 0.05) is 33.6 Å². The molecule has 9 heteroatoms. The third-order valence-electron chi connectivity index (χ3n) is 6.94. The molecule has 1 aliphatic rings. The van der Waals surface area contributed by atoms with Crippen LogP contribution < -0.4 is 21.9 Å². The quantitative estimate of drug-likeness (QED) is 0.356. The second kappa shape index (κ2) is 11.2. The lowest BCUT2D eigenvalue weighted by Gasteiger charge is -2.21. The van der Waals surface area contributed by atoms with Crippen LogP contribution in [0.5, 0.6) is 0 Å². The average Bonchev–Trinajstić information content (AvgIpc) is 3.46. The molecule has 0 aliphatic carbocycles. The fourth-order valence-electron chi connectivity index (χ4n) is 4.68. The van der Waals surface area contributed by atoms with Gasteiger partial charge in [0.1, 0.15) is 23.4 Å². The third-order valence-corrected chi connectivity index (χ3v) is 8.04. The molecular weight excluding hydrogens is 460 g/mol. The van der Waals surface area contributed by atoms with Crippen LogP contribution in [0.4, 0.5) is 11.5 Å². The van der Waals surface area contributed by atoms with E-state index in [2.05, 4.69) is 41.4 Å². The van der Waals surface area contributed by atoms with E-state index < -0.39 is 6.04 Å². The first-order chi connectivity index (χ1) is 16.9. The minimum Gasteiger partial charge on any atom is -0.384 e. The Kier molecular flexibility index (Phi) is 8.05. The predicted octanol–water partition coefficient (Wildman–Crippen LogP) is 4.65. The van der Waals surface area contributed by atoms with Crippen molar-refractivity contribution in [1.29, 1.82) is 0 Å². The monoisotopic (exact) mass is 496 g/mol. The minimum atomic E-state index is -0.539. The molecular formula is C26H36N6O2S. The Morgan fingerprint density at radius 2 is 2.06 bits per heavy atom. The van der Waals surface area contributed by atoms with Crippen molar-refractivity contribution in [3.63, 3.8) is 0 Å². The number of carbonyl (C=O) groups is 1. The second-order valence-electron chi connectivity index (χ2n) is 9.62. The Balaban J connectivity index is 1.45. The molecule has 3 aromatic rings. The number of nitrogens with two attached hydrogens (primary N) is 1. The number of thiophene rings is 1. The SMILES string of the molecule is CCCC(CCC(C)CC)Nc1cnc2n(c1=O)C(C(=O)NCc1cc3cnc(N)cc3s1)CC2. The summed E-state index contributed by atoms with van der Waals surface area (Å²) in [5.74, 6) is 1.67. The van der Waals surface area contributed by atoms with Gasteiger partial charge < -0.3 is 16.4 Å². The average molecular weight is 497 g/mol. The van der Waals surface area contributed by atoms with Crippen LogP contribution in [0.25, 0.3) is 10.1 Å². The molecule has 0 spiro atoms. The van der Waals surface area contributed by atoms with Crippen molar-refractivity contribution in [2.45, 2.75) is 84.3 Å². The highest BCUT2D eigenvalue weighted by Gasteiger charge is 2.31. The highest BCUT2D eigenvalue weighted by atomic mass is 32.1. The fraction of sp³-hybridized carbons (Fsp3) is 0.538. The van der Waals surface area contributed by atoms with Crippen LogP contribution in [0, 0.1) is 5.92 Å². The smallest absolute Gasteiger partial charge is 0.277 e. The molecule has 1 amide bonds. The van der Waals surface area contributed by atoms with Gasteiger partial charge in [0.25, 0.3) is 5.56 Å². The summed E-state index contributed by atoms with van der Waals surface area (Å²) in [4.78, 5) is 36.2. The largest absolute Gasteiger partial charge is 0.384 e. The van der Waals surface area contributed by atoms with E-state index in [1.54, 1.807) is 28.3 Å². The van der Waals surface area contributed by atoms with Gasteiger partial charge in [0.05, 0.1) is 12.7 Å². The summed E-state index contributed by atoms with van der Waals surface area (Å²) < 4.78 is 2.63. The number of nitrogens with one attached hydrogen (secondary N) is 2. The summed E-state index contributed by atoms with van der Waals surface area (Å²) >= 11 is 1.58. The Bertz CT molecular complexity index is 1240. The lowest BCUT2D eigenvalue weighted by atomic mass is 9.97. The number of carbonyl (C=O) groups excluding carboxylic acids is 1. The molecule has 3 aromatic heterocycles. The molecule has 188 valence electrons. The maximum atomic E-state index is 13.4. The highest BCUT2D eigenvalue weighted by molar-refractivity contribution is 7.19. The minimum absolute atomic E-state index is 0.151. The lowest BCUT2D eigenvalue weighted by molar-refractivity contribution is -0.124. The summed E-state index contributed by atoms with van der Waals surface area (Å²) in [7, 11) is 0. The number of aryl methyl sites for hydroxylation is 1. The molecule has 0 saturated heterocycles. The summed E-state index contributed by atoms with van der Waals surface area (Å²) in [6, 6.07) is 3.54. The van der Waals surface area contributed by atoms with E-state index in [0.717, 1.165) is 47.1 Å². The fourth-order valence-corrected chi connectivity index (χ4v) is 5.70. The van der Waals surface area contributed by atoms with Crippen molar-refractivity contribution < 1.29 is 4.79 Å². The van der Waals surface area contributed by atoms with Crippen LogP contribution in [0.15, 0.2) is 29.3 Å². The molecule has 0 saturated carbocycles. The molecule has 0 bridgehead atoms. The number of fused-ring (bicyclic) bond motifs is 2. The zero-order valence-electron chi connectivity index (χ0n) is 20.8. The summed E-state index contributed by atoms with van der Waals surface area (Å²) in [5.41, 5.74) is 6.11. The van der Waals surface area contributed by atoms with Gasteiger partial charge in [-0.05, 0) is 43.7 Å². The van der Waals surface area contributed by atoms with Crippen molar-refractivity contribution in [3.8, 4) is 0 Å². The molecule has 0 fully saturated rings. The van der Waals surface area contributed by atoms with Crippen LogP contribution in [0.3, 0.4) is 0 Å². The molecule has 35 heavy (non-hydrogen) atoms. The summed E-state index contributed by atoms with van der Waals surface area (Å²) in [6.07, 6.45) is 9.94. The molecule has 4 heterocycles. The van der Waals surface area contributed by atoms with Gasteiger partial charge in [0.15, 0.2) is 0 Å². The van der Waals surface area contributed by atoms with Gasteiger partial charge in [-0.1, -0.05) is 33.6 Å². The van der Waals surface area contributed by atoms with Crippen LogP contribution in [0.2, 0.25) is 0 Å². The Morgan fingerprint density at radius 1 is 1.23 bits per heavy atom. The van der Waals surface area contributed by atoms with E-state index >= 15 is 0 Å². The number of nitrogen functional groups attached to an aromatic ring is 1. The Hall–Kier alpha value is -2.94. The number of hydrogen-bond donors (Lipinski definition) is 3. The molecule has 0 aromatic carbocycles. The lowest BCUT2D eigenvalue weighted by Crippen LogP contribution is -2.37. The van der Waals surface area contributed by atoms with Crippen LogP contribution >= 0.6 is 11.3 Å². The van der Waals surface area contributed by atoms with Crippen molar-refractivity contribution in [3.05, 3.63) is 45.6 Å². The number of aromatic nitrogens is 3. The zero-order chi connectivity index (χ0) is 24.9. The molecule has 4 rings (SSSR count). The molecule has 8 nitrogen and oxygen atoms in total. The van der Waals surface area contributed by atoms with Gasteiger partial charge in [0.2, 0.25) is 5.91 Å². The van der Waals surface area contributed by atoms with Crippen molar-refractivity contribution in [1.82, 2.24) is 19.9 Å². The molecule has 1 aliphatic heterocycles. The Morgan fingerprint density at radius 3 is 2.83 bits per heavy atom. The van der Waals surface area contributed by atoms with Crippen LogP contribution in [-0.4, -0.2) is 26.5 Å². The zero-order valence-corrected chi connectivity index (χ0v) is 21.7. The normalized spacial score (nSPS) is 16.7. The summed E-state index contributed by atoms with van der Waals surface area (Å²) in [6.45, 7) is 7.04. The standard InChI is InChI=1S/C26H36N6O2S/c1-4-6-18(8-7-16(3)5-2)31-20-15-29-24-10-9-21(32(24)26(20)34)25(33)30-14-19-11-17-13-28-23(27)12-22(17)35-19/h11-13,15-16,18,21,31H,4-10,14H2,1-3H3,(H2,27,28)(H,30,33). The van der Waals surface area contributed by atoms with Gasteiger partial charge in [-0.15, -0.1) is 11.3 Å². The van der Waals surface area contributed by atoms with Crippen molar-refractivity contribution in [2.75, 3.05) is 11.1 Å². The predicted molar refractivity (Wildman–Crippen MR) is 143 cm³/mol. The number of amides is 1. The maximum absolute atomic E-state index is 13.4. The number of nitrogens with zero attached hydrogens (tertiary/aromatic N) is 3. The number of pyridine rings is 1. The van der Waals surface area contributed by atoms with Gasteiger partial charge in [-0.25, -0.2) is 9.97 Å². The van der Waals surface area contributed by atoms with Crippen LogP contribution in [0.1, 0.15) is 76.0 Å². The highest BCUT2D eigenvalue weighted by Crippen LogP contribution is 2.27. The third kappa shape index (κ3) is 5.83. The first-order valence-corrected chi connectivity index (χ1v) is 13.5. The van der Waals surface area contributed by atoms with E-state index in [9.17, 15) is 9.59 Å². The molecule has 4 N–H and O–H groups in total. The Labute approximate surface area is 210 Å². The maximum Gasteiger partial charge on any atom is 0.277 e. The van der Waals surface area contributed by atoms with Crippen molar-refractivity contribution in [2.24, 2.45) is 5.92 Å². The van der Waals surface area contributed by atoms with E-state index in [1.165, 1.54) is 0 Å². The molecule has 3 atom stereocenters. The molecule has 0 radical (unpaired) electrons. The van der Waals surface area contributed by atoms with Crippen molar-refractivity contribution >= 4 is 38.8 Å². The number of rotatable bonds is 11. The number of hydrogen-bond acceptors (Lipinski definition) is 7. The van der Waals surface area contributed by atoms with Gasteiger partial charge in [-0.2, -0.15) is 0 Å². The van der Waals surface area contributed by atoms with Gasteiger partial charge >= 0.3 is 0 Å². The second-order valence-corrected chi connectivity index (χ2v) is 10.8. The van der Waals surface area contributed by atoms with Crippen LogP contribution in [-0.2, 0) is 17.8 Å². The molecule has 3 unspecified atom stereocenters. The first kappa shape index (κ1) is 25.2. The van der Waals surface area contributed by atoms with E-state index in [0.29, 0.717) is 42.6 Å². The topological polar surface area (TPSA) is 115 Å². The van der Waals surface area contributed by atoms with E-state index in [1.807, 2.05) is 12.1 Å². The number of anilines is 2. The first-order valence-electron chi connectivity index (χ1n) is 12.7. The van der Waals surface area contributed by atoms with Gasteiger partial charge in [-0.3, -0.25) is 14.2 Å².